The highest BCUT2D eigenvalue weighted by Crippen LogP contribution is 2.23. The van der Waals surface area contributed by atoms with Crippen LogP contribution in [0, 0.1) is 0 Å². The van der Waals surface area contributed by atoms with Gasteiger partial charge in [-0.25, -0.2) is 9.78 Å². The number of aromatic nitrogens is 2. The van der Waals surface area contributed by atoms with Crippen LogP contribution in [0.4, 0.5) is 0 Å². The van der Waals surface area contributed by atoms with Crippen molar-refractivity contribution in [3.63, 3.8) is 0 Å². The number of esters is 1. The minimum atomic E-state index is -0.395. The van der Waals surface area contributed by atoms with E-state index >= 15 is 0 Å². The van der Waals surface area contributed by atoms with Gasteiger partial charge in [0, 0.05) is 12.4 Å². The molecule has 0 amide bonds. The van der Waals surface area contributed by atoms with Crippen molar-refractivity contribution in [2.75, 3.05) is 6.61 Å². The summed E-state index contributed by atoms with van der Waals surface area (Å²) in [6.45, 7) is 0.451. The molecule has 0 N–H and O–H groups in total. The predicted molar refractivity (Wildman–Crippen MR) is 54.2 cm³/mol. The van der Waals surface area contributed by atoms with E-state index in [1.54, 1.807) is 0 Å². The molecular weight excluding hydrogens is 192 g/mol. The van der Waals surface area contributed by atoms with Crippen molar-refractivity contribution in [2.45, 2.75) is 19.3 Å². The molecule has 0 aliphatic heterocycles. The van der Waals surface area contributed by atoms with Gasteiger partial charge in [-0.2, -0.15) is 0 Å². The van der Waals surface area contributed by atoms with Crippen LogP contribution in [0.3, 0.4) is 0 Å². The van der Waals surface area contributed by atoms with E-state index in [1.165, 1.54) is 24.2 Å². The summed E-state index contributed by atoms with van der Waals surface area (Å²) in [5, 5.41) is 0. The Hall–Kier alpha value is -1.71. The number of rotatable bonds is 5. The maximum absolute atomic E-state index is 11.4. The van der Waals surface area contributed by atoms with Crippen molar-refractivity contribution in [3.8, 4) is 0 Å². The third-order valence-electron chi connectivity index (χ3n) is 2.14. The first-order valence-corrected chi connectivity index (χ1v) is 4.97. The van der Waals surface area contributed by atoms with Crippen molar-refractivity contribution >= 4 is 5.97 Å². The molecule has 0 spiro atoms. The fourth-order valence-corrected chi connectivity index (χ4v) is 1.22. The molecule has 1 aromatic heterocycles. The Morgan fingerprint density at radius 2 is 2.33 bits per heavy atom. The molecule has 0 aromatic carbocycles. The van der Waals surface area contributed by atoms with Gasteiger partial charge in [0.25, 0.3) is 0 Å². The van der Waals surface area contributed by atoms with Crippen LogP contribution in [0.25, 0.3) is 0 Å². The van der Waals surface area contributed by atoms with Gasteiger partial charge in [-0.05, 0) is 19.3 Å². The van der Waals surface area contributed by atoms with E-state index in [0.29, 0.717) is 6.61 Å². The van der Waals surface area contributed by atoms with Gasteiger partial charge in [-0.1, -0.05) is 11.6 Å². The molecule has 0 atom stereocenters. The first-order valence-electron chi connectivity index (χ1n) is 4.97. The van der Waals surface area contributed by atoms with E-state index in [0.717, 1.165) is 19.3 Å². The summed E-state index contributed by atoms with van der Waals surface area (Å²) >= 11 is 0. The van der Waals surface area contributed by atoms with Crippen molar-refractivity contribution in [3.05, 3.63) is 35.9 Å². The van der Waals surface area contributed by atoms with Crippen LogP contribution >= 0.6 is 0 Å². The normalized spacial score (nSPS) is 13.2. The molecule has 4 heteroatoms. The lowest BCUT2D eigenvalue weighted by Gasteiger charge is -2.02. The number of hydrogen-bond acceptors (Lipinski definition) is 4. The third-order valence-corrected chi connectivity index (χ3v) is 2.14. The number of nitrogens with zero attached hydrogens (tertiary/aromatic N) is 2. The summed E-state index contributed by atoms with van der Waals surface area (Å²) < 4.78 is 5.04. The van der Waals surface area contributed by atoms with Crippen molar-refractivity contribution in [2.24, 2.45) is 0 Å². The monoisotopic (exact) mass is 204 g/mol. The fraction of sp³-hybridized carbons (Fsp3) is 0.364. The van der Waals surface area contributed by atoms with Gasteiger partial charge in [-0.15, -0.1) is 0 Å². The highest BCUT2D eigenvalue weighted by atomic mass is 16.5. The predicted octanol–water partition coefficient (Wildman–Crippen LogP) is 1.74. The SMILES string of the molecule is O=C(OCCCC1=CC1)c1cnccn1. The molecule has 4 nitrogen and oxygen atoms in total. The summed E-state index contributed by atoms with van der Waals surface area (Å²) in [7, 11) is 0. The van der Waals surface area contributed by atoms with Crippen LogP contribution in [-0.2, 0) is 4.74 Å². The Kier molecular flexibility index (Phi) is 3.07. The second kappa shape index (κ2) is 4.68. The number of carbonyl (C=O) groups excluding carboxylic acids is 1. The molecule has 1 aromatic rings. The van der Waals surface area contributed by atoms with E-state index in [-0.39, 0.29) is 5.69 Å². The topological polar surface area (TPSA) is 52.1 Å². The van der Waals surface area contributed by atoms with E-state index in [9.17, 15) is 4.79 Å². The molecule has 15 heavy (non-hydrogen) atoms. The first kappa shape index (κ1) is 9.83. The molecule has 0 radical (unpaired) electrons. The average molecular weight is 204 g/mol. The molecule has 0 saturated carbocycles. The minimum absolute atomic E-state index is 0.267. The Labute approximate surface area is 88.0 Å². The quantitative estimate of drug-likeness (QED) is 0.416. The van der Waals surface area contributed by atoms with Crippen LogP contribution in [0.1, 0.15) is 29.8 Å². The van der Waals surface area contributed by atoms with Crippen molar-refractivity contribution in [1.82, 2.24) is 9.97 Å². The third kappa shape index (κ3) is 3.16. The molecular formula is C11H12N2O2. The summed E-state index contributed by atoms with van der Waals surface area (Å²) in [5.74, 6) is -0.395. The van der Waals surface area contributed by atoms with Crippen molar-refractivity contribution in [1.29, 1.82) is 0 Å². The van der Waals surface area contributed by atoms with Crippen LogP contribution in [0.15, 0.2) is 30.2 Å². The number of carbonyl (C=O) groups is 1. The van der Waals surface area contributed by atoms with Crippen LogP contribution in [0.2, 0.25) is 0 Å². The maximum Gasteiger partial charge on any atom is 0.358 e. The number of hydrogen-bond donors (Lipinski definition) is 0. The van der Waals surface area contributed by atoms with Gasteiger partial charge >= 0.3 is 5.97 Å². The van der Waals surface area contributed by atoms with Crippen LogP contribution in [-0.4, -0.2) is 22.5 Å². The van der Waals surface area contributed by atoms with Gasteiger partial charge in [0.15, 0.2) is 5.69 Å². The summed E-state index contributed by atoms with van der Waals surface area (Å²) in [5.41, 5.74) is 1.73. The average Bonchev–Trinajstić information content (AvgIpc) is 3.09. The maximum atomic E-state index is 11.4. The Bertz CT molecular complexity index is 373. The highest BCUT2D eigenvalue weighted by Gasteiger charge is 2.09. The molecule has 1 aliphatic rings. The molecule has 1 heterocycles. The summed E-state index contributed by atoms with van der Waals surface area (Å²) in [6.07, 6.45) is 9.65. The molecule has 78 valence electrons. The zero-order valence-electron chi connectivity index (χ0n) is 8.35. The molecule has 0 fully saturated rings. The number of ether oxygens (including phenoxy) is 1. The highest BCUT2D eigenvalue weighted by molar-refractivity contribution is 5.86. The largest absolute Gasteiger partial charge is 0.461 e. The standard InChI is InChI=1S/C11H12N2O2/c14-11(10-8-12-5-6-13-10)15-7-1-2-9-3-4-9/h3,5-6,8H,1-2,4,7H2. The van der Waals surface area contributed by atoms with E-state index in [2.05, 4.69) is 16.0 Å². The van der Waals surface area contributed by atoms with Gasteiger partial charge < -0.3 is 4.74 Å². The lowest BCUT2D eigenvalue weighted by Crippen LogP contribution is -2.08. The lowest BCUT2D eigenvalue weighted by molar-refractivity contribution is 0.0493. The van der Waals surface area contributed by atoms with E-state index in [1.807, 2.05) is 0 Å². The Morgan fingerprint density at radius 3 is 3.00 bits per heavy atom. The smallest absolute Gasteiger partial charge is 0.358 e. The molecule has 0 unspecified atom stereocenters. The molecule has 1 aliphatic carbocycles. The second-order valence-electron chi connectivity index (χ2n) is 3.40. The van der Waals surface area contributed by atoms with Gasteiger partial charge in [0.05, 0.1) is 12.8 Å². The van der Waals surface area contributed by atoms with Gasteiger partial charge in [-0.3, -0.25) is 4.98 Å². The summed E-state index contributed by atoms with van der Waals surface area (Å²) in [4.78, 5) is 19.0. The van der Waals surface area contributed by atoms with Crippen LogP contribution in [0.5, 0.6) is 0 Å². The zero-order valence-corrected chi connectivity index (χ0v) is 8.35. The fourth-order valence-electron chi connectivity index (χ4n) is 1.22. The Balaban J connectivity index is 1.70. The lowest BCUT2D eigenvalue weighted by atomic mass is 10.3. The molecule has 2 rings (SSSR count). The first-order chi connectivity index (χ1) is 7.36. The van der Waals surface area contributed by atoms with E-state index < -0.39 is 5.97 Å². The molecule has 0 bridgehead atoms. The van der Waals surface area contributed by atoms with E-state index in [4.69, 9.17) is 4.74 Å². The zero-order chi connectivity index (χ0) is 10.5. The molecule has 0 saturated heterocycles. The van der Waals surface area contributed by atoms with Gasteiger partial charge in [0.2, 0.25) is 0 Å². The minimum Gasteiger partial charge on any atom is -0.461 e. The van der Waals surface area contributed by atoms with Crippen molar-refractivity contribution < 1.29 is 9.53 Å². The van der Waals surface area contributed by atoms with Crippen LogP contribution < -0.4 is 0 Å². The number of allylic oxidation sites excluding steroid dienone is 2. The summed E-state index contributed by atoms with van der Waals surface area (Å²) in [6, 6.07) is 0. The Morgan fingerprint density at radius 1 is 1.47 bits per heavy atom. The van der Waals surface area contributed by atoms with Gasteiger partial charge in [0.1, 0.15) is 0 Å². The second-order valence-corrected chi connectivity index (χ2v) is 3.40.